The third-order valence-electron chi connectivity index (χ3n) is 2.11. The summed E-state index contributed by atoms with van der Waals surface area (Å²) in [6, 6.07) is 3.41. The molecular weight excluding hydrogens is 222 g/mol. The van der Waals surface area contributed by atoms with Crippen LogP contribution >= 0.6 is 12.6 Å². The third-order valence-corrected chi connectivity index (χ3v) is 2.52. The van der Waals surface area contributed by atoms with Crippen molar-refractivity contribution >= 4 is 18.6 Å². The van der Waals surface area contributed by atoms with Crippen molar-refractivity contribution in [3.8, 4) is 0 Å². The molecule has 0 radical (unpaired) electrons. The van der Waals surface area contributed by atoms with Crippen molar-refractivity contribution in [1.29, 1.82) is 0 Å². The van der Waals surface area contributed by atoms with Gasteiger partial charge in [0.15, 0.2) is 0 Å². The van der Waals surface area contributed by atoms with Gasteiger partial charge in [0.2, 0.25) is 0 Å². The fourth-order valence-corrected chi connectivity index (χ4v) is 1.61. The maximum Gasteiger partial charge on any atom is 0.340 e. The Morgan fingerprint density at radius 1 is 1.56 bits per heavy atom. The van der Waals surface area contributed by atoms with E-state index in [-0.39, 0.29) is 12.1 Å². The van der Waals surface area contributed by atoms with Gasteiger partial charge in [-0.1, -0.05) is 13.8 Å². The number of esters is 1. The summed E-state index contributed by atoms with van der Waals surface area (Å²) >= 11 is 4.18. The molecule has 1 atom stereocenters. The van der Waals surface area contributed by atoms with Gasteiger partial charge in [-0.05, 0) is 24.5 Å². The van der Waals surface area contributed by atoms with Gasteiger partial charge in [-0.3, -0.25) is 4.98 Å². The Balaban J connectivity index is 2.56. The van der Waals surface area contributed by atoms with Gasteiger partial charge >= 0.3 is 5.97 Å². The smallest absolute Gasteiger partial charge is 0.340 e. The van der Waals surface area contributed by atoms with Gasteiger partial charge in [0.1, 0.15) is 6.10 Å². The van der Waals surface area contributed by atoms with Crippen LogP contribution in [0.3, 0.4) is 0 Å². The van der Waals surface area contributed by atoms with Crippen LogP contribution in [0.1, 0.15) is 30.6 Å². The van der Waals surface area contributed by atoms with E-state index in [1.165, 1.54) is 6.20 Å². The van der Waals surface area contributed by atoms with E-state index in [2.05, 4.69) is 31.5 Å². The molecule has 0 aliphatic heterocycles. The molecule has 0 bridgehead atoms. The number of carbonyl (C=O) groups is 1. The van der Waals surface area contributed by atoms with Crippen LogP contribution in [0, 0.1) is 5.92 Å². The minimum absolute atomic E-state index is 0.129. The van der Waals surface area contributed by atoms with Crippen LogP contribution in [-0.2, 0) is 4.74 Å². The van der Waals surface area contributed by atoms with Gasteiger partial charge in [0.05, 0.1) is 5.56 Å². The Bertz CT molecular complexity index is 327. The lowest BCUT2D eigenvalue weighted by Gasteiger charge is -2.17. The molecule has 0 fully saturated rings. The molecule has 0 spiro atoms. The molecule has 1 heterocycles. The van der Waals surface area contributed by atoms with Gasteiger partial charge < -0.3 is 4.74 Å². The molecule has 0 saturated carbocycles. The predicted octanol–water partition coefficient (Wildman–Crippen LogP) is 2.58. The molecule has 0 aliphatic rings. The second-order valence-electron chi connectivity index (χ2n) is 4.08. The van der Waals surface area contributed by atoms with E-state index in [0.29, 0.717) is 17.2 Å². The minimum Gasteiger partial charge on any atom is -0.458 e. The summed E-state index contributed by atoms with van der Waals surface area (Å²) in [7, 11) is 0. The zero-order chi connectivity index (χ0) is 12.0. The quantitative estimate of drug-likeness (QED) is 0.634. The number of hydrogen-bond donors (Lipinski definition) is 1. The molecule has 4 heteroatoms. The van der Waals surface area contributed by atoms with E-state index in [1.807, 2.05) is 0 Å². The Labute approximate surface area is 102 Å². The second kappa shape index (κ2) is 6.53. The first-order valence-electron chi connectivity index (χ1n) is 5.35. The van der Waals surface area contributed by atoms with Gasteiger partial charge in [-0.2, -0.15) is 12.6 Å². The van der Waals surface area contributed by atoms with Gasteiger partial charge in [0, 0.05) is 18.1 Å². The average Bonchev–Trinajstić information content (AvgIpc) is 2.28. The molecule has 0 amide bonds. The van der Waals surface area contributed by atoms with Crippen LogP contribution < -0.4 is 0 Å². The molecule has 1 aromatic rings. The first kappa shape index (κ1) is 13.0. The number of thiol groups is 1. The summed E-state index contributed by atoms with van der Waals surface area (Å²) in [4.78, 5) is 15.6. The highest BCUT2D eigenvalue weighted by Crippen LogP contribution is 2.12. The average molecular weight is 239 g/mol. The van der Waals surface area contributed by atoms with E-state index in [9.17, 15) is 4.79 Å². The van der Waals surface area contributed by atoms with Crippen LogP contribution in [0.5, 0.6) is 0 Å². The lowest BCUT2D eigenvalue weighted by Crippen LogP contribution is -2.21. The summed E-state index contributed by atoms with van der Waals surface area (Å²) in [6.45, 7) is 4.18. The highest BCUT2D eigenvalue weighted by atomic mass is 32.1. The minimum atomic E-state index is -0.326. The molecule has 1 aromatic heterocycles. The van der Waals surface area contributed by atoms with Crippen LogP contribution in [0.2, 0.25) is 0 Å². The lowest BCUT2D eigenvalue weighted by molar-refractivity contribution is 0.0310. The number of pyridine rings is 1. The van der Waals surface area contributed by atoms with Crippen LogP contribution in [0.4, 0.5) is 0 Å². The van der Waals surface area contributed by atoms with Crippen molar-refractivity contribution in [2.75, 3.05) is 5.75 Å². The molecule has 1 rings (SSSR count). The third kappa shape index (κ3) is 4.23. The maximum atomic E-state index is 11.7. The Morgan fingerprint density at radius 2 is 2.31 bits per heavy atom. The number of hydrogen-bond acceptors (Lipinski definition) is 4. The molecule has 0 saturated heterocycles. The van der Waals surface area contributed by atoms with Crippen molar-refractivity contribution in [2.45, 2.75) is 26.4 Å². The number of aromatic nitrogens is 1. The Morgan fingerprint density at radius 3 is 2.81 bits per heavy atom. The molecule has 0 N–H and O–H groups in total. The summed E-state index contributed by atoms with van der Waals surface area (Å²) in [5.74, 6) is 0.705. The topological polar surface area (TPSA) is 39.2 Å². The van der Waals surface area contributed by atoms with E-state index in [1.54, 1.807) is 18.3 Å². The Kier molecular flexibility index (Phi) is 5.32. The molecule has 16 heavy (non-hydrogen) atoms. The summed E-state index contributed by atoms with van der Waals surface area (Å²) in [6.07, 6.45) is 3.83. The highest BCUT2D eigenvalue weighted by Gasteiger charge is 2.15. The van der Waals surface area contributed by atoms with E-state index < -0.39 is 0 Å². The van der Waals surface area contributed by atoms with Crippen LogP contribution in [0.25, 0.3) is 0 Å². The van der Waals surface area contributed by atoms with E-state index >= 15 is 0 Å². The molecule has 0 aliphatic carbocycles. The number of rotatable bonds is 5. The predicted molar refractivity (Wildman–Crippen MR) is 66.7 cm³/mol. The summed E-state index contributed by atoms with van der Waals surface area (Å²) < 4.78 is 5.34. The zero-order valence-electron chi connectivity index (χ0n) is 9.59. The summed E-state index contributed by atoms with van der Waals surface area (Å²) in [5, 5.41) is 0. The van der Waals surface area contributed by atoms with E-state index in [4.69, 9.17) is 4.74 Å². The maximum absolute atomic E-state index is 11.7. The van der Waals surface area contributed by atoms with Gasteiger partial charge in [0.25, 0.3) is 0 Å². The van der Waals surface area contributed by atoms with Crippen molar-refractivity contribution in [2.24, 2.45) is 5.92 Å². The highest BCUT2D eigenvalue weighted by molar-refractivity contribution is 7.80. The van der Waals surface area contributed by atoms with Crippen molar-refractivity contribution in [3.63, 3.8) is 0 Å². The summed E-state index contributed by atoms with van der Waals surface area (Å²) in [5.41, 5.74) is 0.484. The standard InChI is InChI=1S/C12H17NO2S/c1-9(2)6-11(8-16)15-12(14)10-4-3-5-13-7-10/h3-5,7,9,11,16H,6,8H2,1-2H3. The first-order valence-corrected chi connectivity index (χ1v) is 5.98. The van der Waals surface area contributed by atoms with Crippen molar-refractivity contribution in [3.05, 3.63) is 30.1 Å². The van der Waals surface area contributed by atoms with Gasteiger partial charge in [-0.15, -0.1) is 0 Å². The first-order chi connectivity index (χ1) is 7.63. The van der Waals surface area contributed by atoms with E-state index in [0.717, 1.165) is 6.42 Å². The number of ether oxygens (including phenoxy) is 1. The van der Waals surface area contributed by atoms with Crippen molar-refractivity contribution in [1.82, 2.24) is 4.98 Å². The largest absolute Gasteiger partial charge is 0.458 e. The molecule has 1 unspecified atom stereocenters. The normalized spacial score (nSPS) is 12.5. The molecule has 0 aromatic carbocycles. The molecule has 88 valence electrons. The number of carbonyl (C=O) groups excluding carboxylic acids is 1. The molecule has 3 nitrogen and oxygen atoms in total. The monoisotopic (exact) mass is 239 g/mol. The Hall–Kier alpha value is -1.03. The second-order valence-corrected chi connectivity index (χ2v) is 4.45. The fourth-order valence-electron chi connectivity index (χ4n) is 1.39. The lowest BCUT2D eigenvalue weighted by atomic mass is 10.1. The zero-order valence-corrected chi connectivity index (χ0v) is 10.5. The molecular formula is C12H17NO2S. The SMILES string of the molecule is CC(C)CC(CS)OC(=O)c1cccnc1. The van der Waals surface area contributed by atoms with Crippen molar-refractivity contribution < 1.29 is 9.53 Å². The number of nitrogens with zero attached hydrogens (tertiary/aromatic N) is 1. The van der Waals surface area contributed by atoms with Crippen LogP contribution in [0.15, 0.2) is 24.5 Å². The fraction of sp³-hybridized carbons (Fsp3) is 0.500. The van der Waals surface area contributed by atoms with Gasteiger partial charge in [-0.25, -0.2) is 4.79 Å². The van der Waals surface area contributed by atoms with Crippen LogP contribution in [-0.4, -0.2) is 22.8 Å².